The molecular formula is C94H154NO8P. The molecule has 0 bridgehead atoms. The van der Waals surface area contributed by atoms with Crippen molar-refractivity contribution < 1.29 is 42.1 Å². The number of esters is 2. The number of likely N-dealkylation sites (N-methyl/N-ethyl adjacent to an activating group) is 1. The van der Waals surface area contributed by atoms with Crippen LogP contribution in [-0.4, -0.2) is 70.0 Å². The molecule has 2 unspecified atom stereocenters. The lowest BCUT2D eigenvalue weighted by molar-refractivity contribution is -0.870. The van der Waals surface area contributed by atoms with Crippen LogP contribution >= 0.6 is 7.82 Å². The normalized spacial score (nSPS) is 14.1. The number of phosphoric ester groups is 1. The second kappa shape index (κ2) is 81.7. The predicted octanol–water partition coefficient (Wildman–Crippen LogP) is 27.9. The van der Waals surface area contributed by atoms with E-state index in [0.717, 1.165) is 148 Å². The monoisotopic (exact) mass is 1460 g/mol. The van der Waals surface area contributed by atoms with E-state index in [4.69, 9.17) is 18.5 Å². The number of phosphoric acid groups is 1. The van der Waals surface area contributed by atoms with Gasteiger partial charge in [-0.25, -0.2) is 0 Å². The number of ether oxygens (including phenoxy) is 2. The number of rotatable bonds is 75. The maximum Gasteiger partial charge on any atom is 0.306 e. The van der Waals surface area contributed by atoms with E-state index >= 15 is 0 Å². The minimum atomic E-state index is -4.66. The number of allylic oxidation sites excluding steroid dienone is 34. The van der Waals surface area contributed by atoms with E-state index in [1.54, 1.807) is 0 Å². The van der Waals surface area contributed by atoms with Crippen molar-refractivity contribution in [3.8, 4) is 0 Å². The molecule has 0 aromatic carbocycles. The Morgan fingerprint density at radius 3 is 0.769 bits per heavy atom. The van der Waals surface area contributed by atoms with Crippen molar-refractivity contribution in [3.05, 3.63) is 207 Å². The second-order valence-corrected chi connectivity index (χ2v) is 29.8. The number of carbonyl (C=O) groups is 2. The quantitative estimate of drug-likeness (QED) is 0.0195. The summed E-state index contributed by atoms with van der Waals surface area (Å²) in [5.41, 5.74) is 0. The molecule has 0 amide bonds. The Morgan fingerprint density at radius 2 is 0.519 bits per heavy atom. The summed E-state index contributed by atoms with van der Waals surface area (Å²) in [6.07, 6.45) is 128. The van der Waals surface area contributed by atoms with Crippen LogP contribution in [0, 0.1) is 0 Å². The van der Waals surface area contributed by atoms with Crippen molar-refractivity contribution in [3.63, 3.8) is 0 Å². The standard InChI is InChI=1S/C94H154NO8P/c1-6-8-10-12-14-16-18-20-22-24-26-28-30-32-34-36-38-40-42-44-46-47-49-51-53-55-57-59-61-63-65-67-69-71-73-75-77-79-81-83-85-87-94(97)103-92(91-102-104(98,99)101-89-88-95(3,4)5)90-100-93(96)86-84-82-80-78-76-74-72-70-68-66-64-62-60-58-56-54-52-50-48-45-43-41-39-37-35-33-31-29-27-25-23-21-19-17-15-13-11-9-7-2/h8-11,14-17,20-23,26-29,32-35,38-41,44-46,48-49,51-52,54-55,57,92H,6-7,12-13,18-19,24-25,30-31,36-37,42-43,47,50,53,56,58-91H2,1-5H3/b10-8-,11-9-,16-14-,17-15-,22-20-,23-21-,28-26-,29-27-,34-32-,35-33-,40-38-,41-39-,46-44-,48-45-,51-49-,54-52-,57-55-. The predicted molar refractivity (Wildman–Crippen MR) is 452 cm³/mol. The van der Waals surface area contributed by atoms with Gasteiger partial charge in [0, 0.05) is 12.8 Å². The average Bonchev–Trinajstić information content (AvgIpc) is 0.920. The Morgan fingerprint density at radius 1 is 0.298 bits per heavy atom. The molecule has 0 rings (SSSR count). The molecule has 0 N–H and O–H groups in total. The molecule has 588 valence electrons. The zero-order valence-corrected chi connectivity index (χ0v) is 68.0. The topological polar surface area (TPSA) is 111 Å². The maximum atomic E-state index is 12.9. The molecule has 0 fully saturated rings. The summed E-state index contributed by atoms with van der Waals surface area (Å²) in [4.78, 5) is 38.2. The van der Waals surface area contributed by atoms with Crippen LogP contribution in [-0.2, 0) is 32.7 Å². The maximum absolute atomic E-state index is 12.9. The Bertz CT molecular complexity index is 2520. The highest BCUT2D eigenvalue weighted by atomic mass is 31.2. The van der Waals surface area contributed by atoms with Gasteiger partial charge in [-0.15, -0.1) is 0 Å². The molecule has 104 heavy (non-hydrogen) atoms. The third-order valence-corrected chi connectivity index (χ3v) is 18.3. The van der Waals surface area contributed by atoms with Gasteiger partial charge in [0.1, 0.15) is 19.8 Å². The van der Waals surface area contributed by atoms with Gasteiger partial charge in [0.05, 0.1) is 27.7 Å². The van der Waals surface area contributed by atoms with E-state index in [9.17, 15) is 19.0 Å². The number of nitrogens with zero attached hydrogens (tertiary/aromatic N) is 1. The molecule has 0 aromatic heterocycles. The minimum Gasteiger partial charge on any atom is -0.756 e. The average molecular weight is 1460 g/mol. The van der Waals surface area contributed by atoms with Crippen LogP contribution in [0.15, 0.2) is 207 Å². The number of carbonyl (C=O) groups excluding carboxylic acids is 2. The van der Waals surface area contributed by atoms with Crippen LogP contribution in [0.4, 0.5) is 0 Å². The summed E-state index contributed by atoms with van der Waals surface area (Å²) in [5, 5.41) is 0. The van der Waals surface area contributed by atoms with Crippen molar-refractivity contribution in [1.29, 1.82) is 0 Å². The number of quaternary nitrogens is 1. The SMILES string of the molecule is CC/C=C\C/C=C\C/C=C\C/C=C\C/C=C\C/C=C\C/C=C\C/C=C\C/C=C\CCCCCCCCCCCCCCCC(=O)OC(COC(=O)CCCCCCCCCCCCCCCC/C=C\C/C=C\C/C=C\C/C=C\C/C=C\C/C=C\C/C=C\C/C=C\CC)COP(=O)([O-])OCC[N+](C)(C)C. The van der Waals surface area contributed by atoms with Crippen LogP contribution in [0.5, 0.6) is 0 Å². The van der Waals surface area contributed by atoms with Crippen molar-refractivity contribution in [2.75, 3.05) is 47.5 Å². The van der Waals surface area contributed by atoms with Crippen LogP contribution in [0.3, 0.4) is 0 Å². The van der Waals surface area contributed by atoms with E-state index in [1.165, 1.54) is 141 Å². The van der Waals surface area contributed by atoms with E-state index in [2.05, 4.69) is 220 Å². The largest absolute Gasteiger partial charge is 0.756 e. The Balaban J connectivity index is 4.02. The molecule has 0 saturated carbocycles. The van der Waals surface area contributed by atoms with Crippen molar-refractivity contribution in [1.82, 2.24) is 0 Å². The zero-order chi connectivity index (χ0) is 75.4. The van der Waals surface area contributed by atoms with Gasteiger partial charge in [-0.1, -0.05) is 368 Å². The molecule has 0 aliphatic heterocycles. The van der Waals surface area contributed by atoms with Crippen molar-refractivity contribution >= 4 is 19.8 Å². The molecule has 0 heterocycles. The van der Waals surface area contributed by atoms with Crippen LogP contribution in [0.1, 0.15) is 322 Å². The van der Waals surface area contributed by atoms with Crippen LogP contribution in [0.25, 0.3) is 0 Å². The lowest BCUT2D eigenvalue weighted by atomic mass is 10.0. The van der Waals surface area contributed by atoms with Gasteiger partial charge in [-0.3, -0.25) is 14.2 Å². The van der Waals surface area contributed by atoms with Gasteiger partial charge in [0.2, 0.25) is 0 Å². The molecule has 0 spiro atoms. The van der Waals surface area contributed by atoms with Gasteiger partial charge in [-0.2, -0.15) is 0 Å². The van der Waals surface area contributed by atoms with E-state index in [-0.39, 0.29) is 32.0 Å². The molecule has 2 atom stereocenters. The van der Waals surface area contributed by atoms with E-state index in [1.807, 2.05) is 21.1 Å². The van der Waals surface area contributed by atoms with Gasteiger partial charge >= 0.3 is 11.9 Å². The highest BCUT2D eigenvalue weighted by Crippen LogP contribution is 2.38. The molecular weight excluding hydrogens is 1300 g/mol. The van der Waals surface area contributed by atoms with Crippen molar-refractivity contribution in [2.45, 2.75) is 328 Å². The first-order valence-electron chi connectivity index (χ1n) is 41.8. The first kappa shape index (κ1) is 98.6. The van der Waals surface area contributed by atoms with Gasteiger partial charge in [0.15, 0.2) is 6.10 Å². The molecule has 9 nitrogen and oxygen atoms in total. The van der Waals surface area contributed by atoms with Crippen LogP contribution < -0.4 is 4.89 Å². The molecule has 0 aliphatic rings. The molecule has 0 aliphatic carbocycles. The van der Waals surface area contributed by atoms with Gasteiger partial charge in [0.25, 0.3) is 7.82 Å². The Hall–Kier alpha value is -5.41. The fraction of sp³-hybridized carbons (Fsp3) is 0.617. The van der Waals surface area contributed by atoms with Crippen LogP contribution in [0.2, 0.25) is 0 Å². The Labute approximate surface area is 640 Å². The highest BCUT2D eigenvalue weighted by molar-refractivity contribution is 7.45. The molecule has 0 aromatic rings. The third-order valence-electron chi connectivity index (χ3n) is 17.3. The summed E-state index contributed by atoms with van der Waals surface area (Å²) in [7, 11) is 1.15. The van der Waals surface area contributed by atoms with E-state index in [0.29, 0.717) is 17.4 Å². The summed E-state index contributed by atoms with van der Waals surface area (Å²) in [6.45, 7) is 4.01. The fourth-order valence-electron chi connectivity index (χ4n) is 11.0. The summed E-state index contributed by atoms with van der Waals surface area (Å²) < 4.78 is 34.4. The second-order valence-electron chi connectivity index (χ2n) is 28.4. The lowest BCUT2D eigenvalue weighted by Crippen LogP contribution is -2.37. The lowest BCUT2D eigenvalue weighted by Gasteiger charge is -2.28. The van der Waals surface area contributed by atoms with Gasteiger partial charge < -0.3 is 27.9 Å². The van der Waals surface area contributed by atoms with E-state index < -0.39 is 26.5 Å². The number of unbranched alkanes of at least 4 members (excludes halogenated alkanes) is 27. The summed E-state index contributed by atoms with van der Waals surface area (Å²) in [6, 6.07) is 0. The summed E-state index contributed by atoms with van der Waals surface area (Å²) >= 11 is 0. The molecule has 0 radical (unpaired) electrons. The molecule has 0 saturated heterocycles. The van der Waals surface area contributed by atoms with Crippen molar-refractivity contribution in [2.24, 2.45) is 0 Å². The first-order valence-corrected chi connectivity index (χ1v) is 43.3. The number of hydrogen-bond acceptors (Lipinski definition) is 8. The summed E-state index contributed by atoms with van der Waals surface area (Å²) in [5.74, 6) is -0.838. The highest BCUT2D eigenvalue weighted by Gasteiger charge is 2.22. The van der Waals surface area contributed by atoms with Gasteiger partial charge in [-0.05, 0) is 148 Å². The zero-order valence-electron chi connectivity index (χ0n) is 67.1. The third kappa shape index (κ3) is 85.5. The fourth-order valence-corrected chi connectivity index (χ4v) is 11.7. The molecule has 10 heteroatoms. The minimum absolute atomic E-state index is 0.0388. The first-order chi connectivity index (χ1) is 51.0. The number of hydrogen-bond donors (Lipinski definition) is 0. The Kier molecular flexibility index (Phi) is 77.4. The smallest absolute Gasteiger partial charge is 0.306 e.